The molecule has 2 heteroatoms. The topological polar surface area (TPSA) is 29.3 Å². The summed E-state index contributed by atoms with van der Waals surface area (Å²) >= 11 is 0. The third kappa shape index (κ3) is 4.75. The quantitative estimate of drug-likeness (QED) is 0.841. The first kappa shape index (κ1) is 17.0. The summed E-state index contributed by atoms with van der Waals surface area (Å²) in [5.41, 5.74) is 6.81. The van der Waals surface area contributed by atoms with E-state index in [2.05, 4.69) is 53.5 Å². The minimum Gasteiger partial charge on any atom is -0.327 e. The molecule has 0 radical (unpaired) electrons. The monoisotopic (exact) mass is 268 g/mol. The average molecular weight is 268 g/mol. The second kappa shape index (κ2) is 6.58. The number of hydrogen-bond acceptors (Lipinski definition) is 2. The summed E-state index contributed by atoms with van der Waals surface area (Å²) in [6, 6.07) is 1.04. The maximum Gasteiger partial charge on any atom is 0.00870 e. The summed E-state index contributed by atoms with van der Waals surface area (Å²) in [5.74, 6) is 2.22. The Morgan fingerprint density at radius 3 is 2.21 bits per heavy atom. The fourth-order valence-corrected chi connectivity index (χ4v) is 3.33. The highest BCUT2D eigenvalue weighted by atomic mass is 15.1. The van der Waals surface area contributed by atoms with Crippen molar-refractivity contribution in [3.05, 3.63) is 0 Å². The lowest BCUT2D eigenvalue weighted by molar-refractivity contribution is 0.0889. The van der Waals surface area contributed by atoms with Crippen LogP contribution in [0.25, 0.3) is 0 Å². The molecule has 0 saturated heterocycles. The molecule has 1 fully saturated rings. The second-order valence-corrected chi connectivity index (χ2v) is 8.22. The summed E-state index contributed by atoms with van der Waals surface area (Å²) in [7, 11) is 2.26. The van der Waals surface area contributed by atoms with Crippen molar-refractivity contribution in [2.45, 2.75) is 72.9 Å². The van der Waals surface area contributed by atoms with Gasteiger partial charge < -0.3 is 10.6 Å². The first-order valence-corrected chi connectivity index (χ1v) is 8.08. The van der Waals surface area contributed by atoms with E-state index in [4.69, 9.17) is 5.73 Å². The van der Waals surface area contributed by atoms with Gasteiger partial charge in [-0.25, -0.2) is 0 Å². The van der Waals surface area contributed by atoms with Crippen molar-refractivity contribution >= 4 is 0 Å². The Kier molecular flexibility index (Phi) is 5.88. The van der Waals surface area contributed by atoms with E-state index in [1.807, 2.05) is 0 Å². The van der Waals surface area contributed by atoms with Crippen LogP contribution < -0.4 is 5.73 Å². The molecule has 0 aromatic heterocycles. The fraction of sp³-hybridized carbons (Fsp3) is 1.00. The van der Waals surface area contributed by atoms with Gasteiger partial charge in [0.05, 0.1) is 0 Å². The zero-order chi connectivity index (χ0) is 14.8. The van der Waals surface area contributed by atoms with Crippen molar-refractivity contribution in [3.63, 3.8) is 0 Å². The van der Waals surface area contributed by atoms with E-state index >= 15 is 0 Å². The standard InChI is InChI=1S/C17H36N2/c1-12(2)13(3)19(7)11-14-10-15(17(4,5)6)8-9-16(14)18/h12-16H,8-11,18H2,1-7H3. The van der Waals surface area contributed by atoms with Gasteiger partial charge in [0.15, 0.2) is 0 Å². The number of nitrogens with two attached hydrogens (primary N) is 1. The van der Waals surface area contributed by atoms with Crippen LogP contribution >= 0.6 is 0 Å². The van der Waals surface area contributed by atoms with E-state index in [-0.39, 0.29) is 0 Å². The number of hydrogen-bond donors (Lipinski definition) is 1. The first-order chi connectivity index (χ1) is 8.62. The normalized spacial score (nSPS) is 30.9. The fourth-order valence-electron chi connectivity index (χ4n) is 3.33. The lowest BCUT2D eigenvalue weighted by Crippen LogP contribution is -2.46. The molecule has 19 heavy (non-hydrogen) atoms. The predicted octanol–water partition coefficient (Wildman–Crippen LogP) is 3.75. The van der Waals surface area contributed by atoms with Crippen molar-refractivity contribution < 1.29 is 0 Å². The highest BCUT2D eigenvalue weighted by Crippen LogP contribution is 2.40. The van der Waals surface area contributed by atoms with E-state index < -0.39 is 0 Å². The molecule has 0 aliphatic heterocycles. The molecule has 1 saturated carbocycles. The van der Waals surface area contributed by atoms with Gasteiger partial charge in [0.25, 0.3) is 0 Å². The summed E-state index contributed by atoms with van der Waals surface area (Å²) < 4.78 is 0. The zero-order valence-corrected chi connectivity index (χ0v) is 14.2. The molecule has 0 amide bonds. The molecule has 1 aliphatic rings. The summed E-state index contributed by atoms with van der Waals surface area (Å²) in [5, 5.41) is 0. The first-order valence-electron chi connectivity index (χ1n) is 8.08. The zero-order valence-electron chi connectivity index (χ0n) is 14.2. The van der Waals surface area contributed by atoms with Crippen LogP contribution in [0.5, 0.6) is 0 Å². The molecular weight excluding hydrogens is 232 g/mol. The van der Waals surface area contributed by atoms with E-state index in [9.17, 15) is 0 Å². The van der Waals surface area contributed by atoms with Crippen molar-refractivity contribution in [1.82, 2.24) is 4.90 Å². The van der Waals surface area contributed by atoms with E-state index in [0.717, 1.165) is 12.5 Å². The van der Waals surface area contributed by atoms with Crippen LogP contribution in [0.15, 0.2) is 0 Å². The lowest BCUT2D eigenvalue weighted by atomic mass is 9.67. The van der Waals surface area contributed by atoms with Crippen molar-refractivity contribution in [2.24, 2.45) is 28.9 Å². The third-order valence-electron chi connectivity index (χ3n) is 5.45. The van der Waals surface area contributed by atoms with Crippen LogP contribution in [0.1, 0.15) is 60.8 Å². The Morgan fingerprint density at radius 1 is 1.16 bits per heavy atom. The van der Waals surface area contributed by atoms with Gasteiger partial charge in [-0.2, -0.15) is 0 Å². The van der Waals surface area contributed by atoms with Gasteiger partial charge in [0.2, 0.25) is 0 Å². The summed E-state index contributed by atoms with van der Waals surface area (Å²) in [6.07, 6.45) is 3.82. The van der Waals surface area contributed by atoms with Gasteiger partial charge in [-0.15, -0.1) is 0 Å². The molecule has 4 atom stereocenters. The molecule has 2 N–H and O–H groups in total. The summed E-state index contributed by atoms with van der Waals surface area (Å²) in [4.78, 5) is 2.51. The molecular formula is C17H36N2. The van der Waals surface area contributed by atoms with Crippen molar-refractivity contribution in [3.8, 4) is 0 Å². The SMILES string of the molecule is CC(C)C(C)N(C)CC1CC(C(C)(C)C)CCC1N. The molecule has 4 unspecified atom stereocenters. The molecule has 0 heterocycles. The van der Waals surface area contributed by atoms with Gasteiger partial charge in [-0.05, 0) is 56.4 Å². The maximum absolute atomic E-state index is 6.38. The molecule has 1 aliphatic carbocycles. The molecule has 114 valence electrons. The number of nitrogens with zero attached hydrogens (tertiary/aromatic N) is 1. The molecule has 1 rings (SSSR count). The van der Waals surface area contributed by atoms with Gasteiger partial charge in [-0.3, -0.25) is 0 Å². The van der Waals surface area contributed by atoms with Crippen molar-refractivity contribution in [1.29, 1.82) is 0 Å². The van der Waals surface area contributed by atoms with Crippen LogP contribution in [-0.2, 0) is 0 Å². The Morgan fingerprint density at radius 2 is 1.74 bits per heavy atom. The van der Waals surface area contributed by atoms with Crippen LogP contribution in [-0.4, -0.2) is 30.6 Å². The minimum atomic E-state index is 0.403. The molecule has 0 aromatic rings. The predicted molar refractivity (Wildman–Crippen MR) is 85.2 cm³/mol. The van der Waals surface area contributed by atoms with Crippen LogP contribution in [0, 0.1) is 23.2 Å². The van der Waals surface area contributed by atoms with Gasteiger partial charge in [-0.1, -0.05) is 34.6 Å². The molecule has 0 bridgehead atoms. The highest BCUT2D eigenvalue weighted by molar-refractivity contribution is 4.89. The third-order valence-corrected chi connectivity index (χ3v) is 5.45. The second-order valence-electron chi connectivity index (χ2n) is 8.22. The minimum absolute atomic E-state index is 0.403. The summed E-state index contributed by atoms with van der Waals surface area (Å²) in [6.45, 7) is 15.2. The largest absolute Gasteiger partial charge is 0.327 e. The van der Waals surface area contributed by atoms with E-state index in [1.165, 1.54) is 19.3 Å². The van der Waals surface area contributed by atoms with E-state index in [1.54, 1.807) is 0 Å². The van der Waals surface area contributed by atoms with Gasteiger partial charge in [0, 0.05) is 18.6 Å². The highest BCUT2D eigenvalue weighted by Gasteiger charge is 2.35. The Balaban J connectivity index is 2.60. The smallest absolute Gasteiger partial charge is 0.00870 e. The van der Waals surface area contributed by atoms with Crippen LogP contribution in [0.2, 0.25) is 0 Å². The van der Waals surface area contributed by atoms with E-state index in [0.29, 0.717) is 29.3 Å². The Bertz CT molecular complexity index is 267. The van der Waals surface area contributed by atoms with Gasteiger partial charge >= 0.3 is 0 Å². The lowest BCUT2D eigenvalue weighted by Gasteiger charge is -2.43. The molecule has 0 spiro atoms. The number of rotatable bonds is 4. The van der Waals surface area contributed by atoms with Crippen LogP contribution in [0.4, 0.5) is 0 Å². The Hall–Kier alpha value is -0.0800. The molecule has 2 nitrogen and oxygen atoms in total. The molecule has 0 aromatic carbocycles. The Labute approximate surface area is 121 Å². The van der Waals surface area contributed by atoms with Crippen molar-refractivity contribution in [2.75, 3.05) is 13.6 Å². The maximum atomic E-state index is 6.38. The van der Waals surface area contributed by atoms with Crippen LogP contribution in [0.3, 0.4) is 0 Å². The van der Waals surface area contributed by atoms with Gasteiger partial charge in [0.1, 0.15) is 0 Å². The average Bonchev–Trinajstić information content (AvgIpc) is 2.29.